The van der Waals surface area contributed by atoms with Crippen LogP contribution in [0.15, 0.2) is 48.5 Å². The number of likely N-dealkylation sites (tertiary alicyclic amines) is 1. The number of nitrogens with zero attached hydrogens (tertiary/aromatic N) is 1. The number of carbonyl (C=O) groups is 2. The number of benzene rings is 2. The predicted octanol–water partition coefficient (Wildman–Crippen LogP) is 6.24. The molecule has 6 heteroatoms. The van der Waals surface area contributed by atoms with Crippen molar-refractivity contribution < 1.29 is 11.0 Å². The van der Waals surface area contributed by atoms with Gasteiger partial charge in [-0.25, -0.2) is 0 Å². The second-order valence-electron chi connectivity index (χ2n) is 9.45. The van der Waals surface area contributed by atoms with Gasteiger partial charge in [-0.3, -0.25) is 9.59 Å². The van der Waals surface area contributed by atoms with Crippen molar-refractivity contribution in [1.82, 2.24) is 10.2 Å². The van der Waals surface area contributed by atoms with Gasteiger partial charge >= 0.3 is 0 Å². The zero-order valence-electron chi connectivity index (χ0n) is 18.6. The van der Waals surface area contributed by atoms with Crippen LogP contribution in [0.1, 0.15) is 64.0 Å². The van der Waals surface area contributed by atoms with Gasteiger partial charge in [-0.1, -0.05) is 47.5 Å². The molecule has 1 N–H and O–H groups in total. The maximum atomic E-state index is 13.7. The molecule has 0 aromatic heterocycles. The Morgan fingerprint density at radius 1 is 1.09 bits per heavy atom. The molecule has 3 atom stereocenters. The van der Waals surface area contributed by atoms with E-state index in [1.165, 1.54) is 0 Å². The fourth-order valence-corrected chi connectivity index (χ4v) is 5.14. The Kier molecular flexibility index (Phi) is 7.11. The average Bonchev–Trinajstić information content (AvgIpc) is 3.55. The molecule has 2 aromatic carbocycles. The molecule has 1 heterocycles. The van der Waals surface area contributed by atoms with Gasteiger partial charge in [0.1, 0.15) is 0 Å². The Morgan fingerprint density at radius 3 is 2.44 bits per heavy atom. The number of halogens is 2. The Hall–Kier alpha value is -2.04. The molecule has 2 fully saturated rings. The summed E-state index contributed by atoms with van der Waals surface area (Å²) < 4.78 is 0. The van der Waals surface area contributed by atoms with E-state index in [1.807, 2.05) is 61.2 Å². The molecule has 172 valence electrons. The highest BCUT2D eigenvalue weighted by Crippen LogP contribution is 2.48. The molecule has 4 nitrogen and oxygen atoms in total. The second kappa shape index (κ2) is 9.84. The lowest BCUT2D eigenvalue weighted by molar-refractivity contribution is -0.146. The summed E-state index contributed by atoms with van der Waals surface area (Å²) in [5, 5.41) is 4.30. The zero-order valence-corrected chi connectivity index (χ0v) is 20.1. The third kappa shape index (κ3) is 5.47. The van der Waals surface area contributed by atoms with Crippen LogP contribution in [0.2, 0.25) is 10.0 Å². The Labute approximate surface area is 201 Å². The lowest BCUT2D eigenvalue weighted by Crippen LogP contribution is -2.49. The van der Waals surface area contributed by atoms with Crippen molar-refractivity contribution in [3.8, 4) is 0 Å². The summed E-state index contributed by atoms with van der Waals surface area (Å²) in [6, 6.07) is 15.6. The first-order valence-corrected chi connectivity index (χ1v) is 12.2. The predicted molar refractivity (Wildman–Crippen MR) is 131 cm³/mol. The standard InChI is InChI=1S/C26H30Cl2N2O2.H2/c1-16(2)29-24(31)14-20-13-23(19-4-3-5-22(28)12-19)25(18-8-10-21(27)11-9-18)30(26(20)32)15-17-6-7-17;/h3-5,8-12,16-17,20,23,25H,6-7,13-15H2,1-2H3,(H,29,31);1H/t20-,23-,25-;/m1./s1. The van der Waals surface area contributed by atoms with E-state index in [0.29, 0.717) is 22.4 Å². The molecule has 2 amide bonds. The molecule has 0 spiro atoms. The first-order chi connectivity index (χ1) is 15.3. The van der Waals surface area contributed by atoms with E-state index in [0.717, 1.165) is 30.5 Å². The highest BCUT2D eigenvalue weighted by Gasteiger charge is 2.45. The van der Waals surface area contributed by atoms with E-state index >= 15 is 0 Å². The molecule has 1 aliphatic heterocycles. The molecule has 4 rings (SSSR count). The van der Waals surface area contributed by atoms with Crippen molar-refractivity contribution in [1.29, 1.82) is 0 Å². The van der Waals surface area contributed by atoms with Crippen LogP contribution in [-0.2, 0) is 9.59 Å². The Morgan fingerprint density at radius 2 is 1.81 bits per heavy atom. The summed E-state index contributed by atoms with van der Waals surface area (Å²) in [6.45, 7) is 4.60. The molecule has 0 unspecified atom stereocenters. The van der Waals surface area contributed by atoms with E-state index in [9.17, 15) is 9.59 Å². The third-order valence-corrected chi connectivity index (χ3v) is 6.90. The van der Waals surface area contributed by atoms with Gasteiger partial charge in [0, 0.05) is 42.3 Å². The van der Waals surface area contributed by atoms with Gasteiger partial charge in [0.05, 0.1) is 6.04 Å². The smallest absolute Gasteiger partial charge is 0.226 e. The van der Waals surface area contributed by atoms with Gasteiger partial charge in [-0.15, -0.1) is 0 Å². The minimum Gasteiger partial charge on any atom is -0.354 e. The molecule has 2 aliphatic rings. The van der Waals surface area contributed by atoms with E-state index in [2.05, 4.69) is 11.4 Å². The van der Waals surface area contributed by atoms with Crippen molar-refractivity contribution >= 4 is 35.0 Å². The molecule has 1 saturated heterocycles. The summed E-state index contributed by atoms with van der Waals surface area (Å²) in [7, 11) is 0. The topological polar surface area (TPSA) is 49.4 Å². The van der Waals surface area contributed by atoms with Crippen LogP contribution in [0.3, 0.4) is 0 Å². The highest BCUT2D eigenvalue weighted by molar-refractivity contribution is 6.30. The quantitative estimate of drug-likeness (QED) is 0.516. The van der Waals surface area contributed by atoms with Crippen LogP contribution >= 0.6 is 23.2 Å². The highest BCUT2D eigenvalue weighted by atomic mass is 35.5. The van der Waals surface area contributed by atoms with Crippen molar-refractivity contribution in [2.24, 2.45) is 11.8 Å². The maximum absolute atomic E-state index is 13.7. The summed E-state index contributed by atoms with van der Waals surface area (Å²) in [4.78, 5) is 28.3. The number of amides is 2. The molecular formula is C26H32Cl2N2O2. The molecule has 32 heavy (non-hydrogen) atoms. The minimum absolute atomic E-state index is 0. The first-order valence-electron chi connectivity index (χ1n) is 11.4. The number of hydrogen-bond donors (Lipinski definition) is 1. The van der Waals surface area contributed by atoms with Gasteiger partial charge in [0.2, 0.25) is 11.8 Å². The van der Waals surface area contributed by atoms with Gasteiger partial charge < -0.3 is 10.2 Å². The van der Waals surface area contributed by atoms with Crippen LogP contribution in [-0.4, -0.2) is 29.3 Å². The van der Waals surface area contributed by atoms with Crippen LogP contribution < -0.4 is 5.32 Å². The molecular weight excluding hydrogens is 443 g/mol. The van der Waals surface area contributed by atoms with Crippen molar-refractivity contribution in [2.45, 2.75) is 57.5 Å². The van der Waals surface area contributed by atoms with Gasteiger partial charge in [0.15, 0.2) is 0 Å². The third-order valence-electron chi connectivity index (χ3n) is 6.41. The van der Waals surface area contributed by atoms with E-state index in [1.54, 1.807) is 0 Å². The minimum atomic E-state index is -0.347. The summed E-state index contributed by atoms with van der Waals surface area (Å²) >= 11 is 12.5. The average molecular weight is 475 g/mol. The van der Waals surface area contributed by atoms with Crippen molar-refractivity contribution in [2.75, 3.05) is 6.54 Å². The van der Waals surface area contributed by atoms with E-state index in [4.69, 9.17) is 23.2 Å². The van der Waals surface area contributed by atoms with Crippen molar-refractivity contribution in [3.63, 3.8) is 0 Å². The fourth-order valence-electron chi connectivity index (χ4n) is 4.81. The number of carbonyl (C=O) groups excluding carboxylic acids is 2. The fraction of sp³-hybridized carbons (Fsp3) is 0.462. The molecule has 1 aliphatic carbocycles. The number of hydrogen-bond acceptors (Lipinski definition) is 2. The number of nitrogens with one attached hydrogen (secondary N) is 1. The van der Waals surface area contributed by atoms with E-state index < -0.39 is 0 Å². The summed E-state index contributed by atoms with van der Waals surface area (Å²) in [6.07, 6.45) is 3.12. The molecule has 1 saturated carbocycles. The Balaban J connectivity index is 0.00000306. The zero-order chi connectivity index (χ0) is 22.8. The summed E-state index contributed by atoms with van der Waals surface area (Å²) in [5.41, 5.74) is 2.17. The largest absolute Gasteiger partial charge is 0.354 e. The van der Waals surface area contributed by atoms with Crippen molar-refractivity contribution in [3.05, 3.63) is 69.7 Å². The van der Waals surface area contributed by atoms with Crippen LogP contribution in [0, 0.1) is 11.8 Å². The van der Waals surface area contributed by atoms with Crippen LogP contribution in [0.25, 0.3) is 0 Å². The first kappa shape index (κ1) is 23.1. The molecule has 0 radical (unpaired) electrons. The lowest BCUT2D eigenvalue weighted by Gasteiger charge is -2.45. The Bertz CT molecular complexity index is 979. The normalized spacial score (nSPS) is 23.5. The van der Waals surface area contributed by atoms with Gasteiger partial charge in [0.25, 0.3) is 0 Å². The van der Waals surface area contributed by atoms with Crippen LogP contribution in [0.4, 0.5) is 0 Å². The molecule has 2 aromatic rings. The SMILES string of the molecule is CC(C)NC(=O)C[C@H]1C[C@H](c2cccc(Cl)c2)[C@@H](c2ccc(Cl)cc2)N(CC2CC2)C1=O.[HH]. The van der Waals surface area contributed by atoms with E-state index in [-0.39, 0.29) is 43.6 Å². The monoisotopic (exact) mass is 474 g/mol. The van der Waals surface area contributed by atoms with Gasteiger partial charge in [-0.05, 0) is 74.4 Å². The summed E-state index contributed by atoms with van der Waals surface area (Å²) in [5.74, 6) is 0.244. The van der Waals surface area contributed by atoms with Crippen LogP contribution in [0.5, 0.6) is 0 Å². The maximum Gasteiger partial charge on any atom is 0.226 e. The number of piperidine rings is 1. The van der Waals surface area contributed by atoms with Gasteiger partial charge in [-0.2, -0.15) is 0 Å². The molecule has 0 bridgehead atoms. The lowest BCUT2D eigenvalue weighted by atomic mass is 9.74. The number of rotatable bonds is 7. The second-order valence-corrected chi connectivity index (χ2v) is 10.3.